The molecule has 0 amide bonds. The first kappa shape index (κ1) is 26.4. The van der Waals surface area contributed by atoms with E-state index in [0.717, 1.165) is 26.6 Å². The Morgan fingerprint density at radius 1 is 0.906 bits per heavy atom. The van der Waals surface area contributed by atoms with Crippen LogP contribution in [0.2, 0.25) is 0 Å². The molecule has 2 aromatic carbocycles. The molecule has 0 aliphatic heterocycles. The predicted molar refractivity (Wildman–Crippen MR) is 141 cm³/mol. The van der Waals surface area contributed by atoms with E-state index in [0.29, 0.717) is 5.57 Å². The molecule has 3 rings (SSSR count). The van der Waals surface area contributed by atoms with Gasteiger partial charge in [0, 0.05) is 35.1 Å². The van der Waals surface area contributed by atoms with E-state index in [9.17, 15) is 5.26 Å². The molecule has 0 aliphatic carbocycles. The molecule has 164 valence electrons. The highest BCUT2D eigenvalue weighted by molar-refractivity contribution is 7.14. The number of hydrogen-bond acceptors (Lipinski definition) is 3. The number of rotatable bonds is 5. The van der Waals surface area contributed by atoms with Crippen molar-refractivity contribution in [1.29, 1.82) is 5.26 Å². The molecule has 0 saturated heterocycles. The second kappa shape index (κ2) is 14.4. The Bertz CT molecular complexity index is 1070. The summed E-state index contributed by atoms with van der Waals surface area (Å²) in [6.07, 6.45) is 4.13. The summed E-state index contributed by atoms with van der Waals surface area (Å²) in [5.41, 5.74) is 3.97. The van der Waals surface area contributed by atoms with Crippen molar-refractivity contribution >= 4 is 34.7 Å². The summed E-state index contributed by atoms with van der Waals surface area (Å²) >= 11 is 1.57. The van der Waals surface area contributed by atoms with Gasteiger partial charge in [-0.15, -0.1) is 11.3 Å². The van der Waals surface area contributed by atoms with Crippen LogP contribution in [-0.2, 0) is 0 Å². The van der Waals surface area contributed by atoms with Crippen molar-refractivity contribution in [3.05, 3.63) is 105 Å². The van der Waals surface area contributed by atoms with Crippen LogP contribution in [-0.4, -0.2) is 14.1 Å². The summed E-state index contributed by atoms with van der Waals surface area (Å²) in [7, 11) is 4.04. The molecule has 1 heterocycles. The van der Waals surface area contributed by atoms with Crippen molar-refractivity contribution in [2.45, 2.75) is 27.7 Å². The van der Waals surface area contributed by atoms with Gasteiger partial charge in [-0.2, -0.15) is 0 Å². The van der Waals surface area contributed by atoms with Crippen molar-refractivity contribution in [2.24, 2.45) is 0 Å². The zero-order valence-electron chi connectivity index (χ0n) is 19.8. The van der Waals surface area contributed by atoms with Gasteiger partial charge in [0.1, 0.15) is 0 Å². The van der Waals surface area contributed by atoms with E-state index in [1.165, 1.54) is 0 Å². The van der Waals surface area contributed by atoms with Gasteiger partial charge < -0.3 is 4.90 Å². The number of hydrogen-bond donors (Lipinski definition) is 0. The Labute approximate surface area is 197 Å². The van der Waals surface area contributed by atoms with Crippen molar-refractivity contribution in [2.75, 3.05) is 19.0 Å². The van der Waals surface area contributed by atoms with Gasteiger partial charge in [0.05, 0.1) is 12.6 Å². The third kappa shape index (κ3) is 7.27. The van der Waals surface area contributed by atoms with E-state index in [1.54, 1.807) is 11.3 Å². The van der Waals surface area contributed by atoms with Crippen LogP contribution in [0.15, 0.2) is 72.4 Å². The molecule has 0 unspecified atom stereocenters. The number of nitriles is 1. The highest BCUT2D eigenvalue weighted by Crippen LogP contribution is 2.33. The molecular weight excluding hydrogens is 410 g/mol. The first-order valence-corrected chi connectivity index (χ1v) is 11.6. The van der Waals surface area contributed by atoms with Crippen LogP contribution in [0.1, 0.15) is 48.6 Å². The first-order chi connectivity index (χ1) is 15.6. The second-order valence-corrected chi connectivity index (χ2v) is 7.45. The Kier molecular flexibility index (Phi) is 11.9. The fourth-order valence-electron chi connectivity index (χ4n) is 2.78. The van der Waals surface area contributed by atoms with Crippen molar-refractivity contribution in [3.63, 3.8) is 0 Å². The average molecular weight is 442 g/mol. The number of benzene rings is 2. The lowest BCUT2D eigenvalue weighted by atomic mass is 10.0. The Balaban J connectivity index is 0.00000121. The highest BCUT2D eigenvalue weighted by atomic mass is 32.1. The van der Waals surface area contributed by atoms with Gasteiger partial charge in [-0.3, -0.25) is 0 Å². The van der Waals surface area contributed by atoms with Crippen molar-refractivity contribution < 1.29 is 0 Å². The molecule has 0 atom stereocenters. The van der Waals surface area contributed by atoms with Gasteiger partial charge in [0.15, 0.2) is 0 Å². The minimum absolute atomic E-state index is 0.114. The molecule has 0 radical (unpaired) electrons. The Morgan fingerprint density at radius 2 is 1.53 bits per heavy atom. The first-order valence-electron chi connectivity index (χ1n) is 10.8. The normalized spacial score (nSPS) is 10.5. The Morgan fingerprint density at radius 3 is 2.06 bits per heavy atom. The number of allylic oxidation sites excluding steroid dienone is 1. The van der Waals surface area contributed by atoms with Gasteiger partial charge in [0.25, 0.3) is 5.70 Å². The SMILES string of the molecule is CC.CC.[C-]#[N+]/C(C#N)=C(\c1ccccc1)c1ccc(/C=C/c2ccc(N(C)C)cc2)s1. The van der Waals surface area contributed by atoms with Gasteiger partial charge in [-0.1, -0.05) is 76.2 Å². The second-order valence-electron chi connectivity index (χ2n) is 6.33. The molecule has 0 aliphatic rings. The van der Waals surface area contributed by atoms with Gasteiger partial charge >= 0.3 is 0 Å². The van der Waals surface area contributed by atoms with Gasteiger partial charge in [0.2, 0.25) is 0 Å². The van der Waals surface area contributed by atoms with Crippen molar-refractivity contribution in [3.8, 4) is 6.07 Å². The molecule has 0 spiro atoms. The zero-order chi connectivity index (χ0) is 23.9. The molecule has 1 aromatic heterocycles. The van der Waals surface area contributed by atoms with Crippen LogP contribution >= 0.6 is 11.3 Å². The zero-order valence-corrected chi connectivity index (χ0v) is 20.6. The lowest BCUT2D eigenvalue weighted by Crippen LogP contribution is -2.07. The van der Waals surface area contributed by atoms with Gasteiger partial charge in [-0.25, -0.2) is 10.1 Å². The minimum Gasteiger partial charge on any atom is -0.378 e. The van der Waals surface area contributed by atoms with Crippen LogP contribution in [0.3, 0.4) is 0 Å². The maximum Gasteiger partial charge on any atom is 0.270 e. The van der Waals surface area contributed by atoms with Gasteiger partial charge in [-0.05, 0) is 41.5 Å². The van der Waals surface area contributed by atoms with E-state index in [1.807, 2.05) is 90.3 Å². The summed E-state index contributed by atoms with van der Waals surface area (Å²) in [4.78, 5) is 7.50. The van der Waals surface area contributed by atoms with Crippen molar-refractivity contribution in [1.82, 2.24) is 0 Å². The number of nitrogens with zero attached hydrogens (tertiary/aromatic N) is 3. The quantitative estimate of drug-likeness (QED) is 0.295. The average Bonchev–Trinajstić information content (AvgIpc) is 3.32. The molecule has 32 heavy (non-hydrogen) atoms. The van der Waals surface area contributed by atoms with E-state index >= 15 is 0 Å². The minimum atomic E-state index is 0.114. The number of thiophene rings is 1. The lowest BCUT2D eigenvalue weighted by molar-refractivity contribution is 1.13. The fourth-order valence-corrected chi connectivity index (χ4v) is 3.75. The molecule has 0 bridgehead atoms. The summed E-state index contributed by atoms with van der Waals surface area (Å²) in [6.45, 7) is 15.4. The highest BCUT2D eigenvalue weighted by Gasteiger charge is 2.13. The summed E-state index contributed by atoms with van der Waals surface area (Å²) in [5.74, 6) is 0. The molecule has 4 heteroatoms. The van der Waals surface area contributed by atoms with E-state index in [-0.39, 0.29) is 5.70 Å². The van der Waals surface area contributed by atoms with Crippen LogP contribution in [0.4, 0.5) is 5.69 Å². The molecule has 3 aromatic rings. The molecule has 3 nitrogen and oxygen atoms in total. The van der Waals surface area contributed by atoms with Crippen LogP contribution in [0.5, 0.6) is 0 Å². The summed E-state index contributed by atoms with van der Waals surface area (Å²) < 4.78 is 0. The standard InChI is InChI=1S/C24H19N3S.2C2H6/c1-26-22(17-25)24(19-7-5-4-6-8-19)23-16-15-21(28-23)14-11-18-9-12-20(13-10-18)27(2)3;2*1-2/h4-16H,2-3H3;2*1-2H3/b14-11+,24-22+;;. The van der Waals surface area contributed by atoms with Crippen LogP contribution in [0.25, 0.3) is 22.6 Å². The van der Waals surface area contributed by atoms with E-state index in [4.69, 9.17) is 6.57 Å². The topological polar surface area (TPSA) is 31.4 Å². The summed E-state index contributed by atoms with van der Waals surface area (Å²) in [5, 5.41) is 9.40. The van der Waals surface area contributed by atoms with E-state index < -0.39 is 0 Å². The predicted octanol–water partition coefficient (Wildman–Crippen LogP) is 8.24. The smallest absolute Gasteiger partial charge is 0.270 e. The molecular formula is C28H31N3S. The third-order valence-electron chi connectivity index (χ3n) is 4.24. The molecule has 0 fully saturated rings. The molecule has 0 N–H and O–H groups in total. The van der Waals surface area contributed by atoms with Crippen LogP contribution < -0.4 is 4.90 Å². The monoisotopic (exact) mass is 441 g/mol. The number of anilines is 1. The maximum atomic E-state index is 9.40. The van der Waals surface area contributed by atoms with E-state index in [2.05, 4.69) is 46.2 Å². The summed E-state index contributed by atoms with van der Waals surface area (Å²) in [6, 6.07) is 24.0. The largest absolute Gasteiger partial charge is 0.378 e. The molecule has 0 saturated carbocycles. The fraction of sp³-hybridized carbons (Fsp3) is 0.214. The third-order valence-corrected chi connectivity index (χ3v) is 5.31. The lowest BCUT2D eigenvalue weighted by Gasteiger charge is -2.11. The Hall–Kier alpha value is -3.60. The van der Waals surface area contributed by atoms with Crippen LogP contribution in [0, 0.1) is 17.9 Å². The maximum absolute atomic E-state index is 9.40.